The number of amides is 1. The number of unbranched alkanes of at least 4 members (excludes halogenated alkanes) is 3. The van der Waals surface area contributed by atoms with Gasteiger partial charge in [0.2, 0.25) is 17.6 Å². The summed E-state index contributed by atoms with van der Waals surface area (Å²) in [5.74, 6) is -1.31. The Hall–Kier alpha value is -14.1. The van der Waals surface area contributed by atoms with Gasteiger partial charge in [-0.2, -0.15) is 20.5 Å². The first-order valence-corrected chi connectivity index (χ1v) is 42.5. The zero-order chi connectivity index (χ0) is 88.3. The van der Waals surface area contributed by atoms with Gasteiger partial charge < -0.3 is 44.3 Å². The molecule has 0 unspecified atom stereocenters. The molecule has 125 heavy (non-hydrogen) atoms. The molecule has 29 nitrogen and oxygen atoms in total. The van der Waals surface area contributed by atoms with Crippen LogP contribution in [0.4, 0.5) is 0 Å². The molecule has 8 aromatic carbocycles. The number of hydrogen-bond donors (Lipinski definition) is 7. The number of carboxylic acids is 4. The first-order valence-electron chi connectivity index (χ1n) is 41.3. The van der Waals surface area contributed by atoms with Crippen LogP contribution in [0.1, 0.15) is 163 Å². The monoisotopic (exact) mass is 1720 g/mol. The van der Waals surface area contributed by atoms with Crippen LogP contribution in [0.25, 0.3) is 73.3 Å². The van der Waals surface area contributed by atoms with Crippen molar-refractivity contribution in [3.05, 3.63) is 289 Å². The average molecular weight is 1720 g/mol. The van der Waals surface area contributed by atoms with E-state index in [2.05, 4.69) is 128 Å². The van der Waals surface area contributed by atoms with E-state index in [0.717, 1.165) is 152 Å². The number of aromatic amines is 2. The van der Waals surface area contributed by atoms with Gasteiger partial charge in [0, 0.05) is 72.5 Å². The summed E-state index contributed by atoms with van der Waals surface area (Å²) < 4.78 is 11.6. The molecule has 642 valence electrons. The summed E-state index contributed by atoms with van der Waals surface area (Å²) >= 11 is 7.79. The molecule has 7 heterocycles. The minimum atomic E-state index is -0.995. The van der Waals surface area contributed by atoms with Crippen LogP contribution in [0.2, 0.25) is 5.15 Å². The number of fused-ring (bicyclic) bond motifs is 1. The average Bonchev–Trinajstić information content (AvgIpc) is 1.42. The van der Waals surface area contributed by atoms with Crippen molar-refractivity contribution >= 4 is 75.5 Å². The molecule has 14 aromatic rings. The zero-order valence-corrected chi connectivity index (χ0v) is 71.7. The Morgan fingerprint density at radius 1 is 0.584 bits per heavy atom. The Morgan fingerprint density at radius 2 is 1.12 bits per heavy atom. The van der Waals surface area contributed by atoms with E-state index in [0.29, 0.717) is 90.7 Å². The molecule has 1 aliphatic heterocycles. The number of carbonyl (C=O) groups excluding carboxylic acids is 1. The number of H-pyrrole nitrogens is 2. The van der Waals surface area contributed by atoms with Crippen molar-refractivity contribution in [1.29, 1.82) is 0 Å². The molecular weight excluding hydrogens is 1620 g/mol. The number of para-hydroxylation sites is 1. The summed E-state index contributed by atoms with van der Waals surface area (Å²) in [6, 6.07) is 63.3. The van der Waals surface area contributed by atoms with Crippen molar-refractivity contribution in [1.82, 2.24) is 74.8 Å². The molecule has 0 fully saturated rings. The zero-order valence-electron chi connectivity index (χ0n) is 70.1. The highest BCUT2D eigenvalue weighted by molar-refractivity contribution is 7.09. The number of aliphatic hydroxyl groups is 1. The molecular formula is C94H97ClN18O11S. The van der Waals surface area contributed by atoms with E-state index < -0.39 is 29.9 Å². The fourth-order valence-corrected chi connectivity index (χ4v) is 15.5. The molecule has 0 aliphatic carbocycles. The highest BCUT2D eigenvalue weighted by Gasteiger charge is 2.33. The van der Waals surface area contributed by atoms with Crippen LogP contribution in [0.5, 0.6) is 6.01 Å². The van der Waals surface area contributed by atoms with Crippen LogP contribution < -0.4 is 4.74 Å². The molecule has 0 radical (unpaired) electrons. The molecule has 1 aliphatic rings. The number of aromatic nitrogens is 14. The van der Waals surface area contributed by atoms with Crippen molar-refractivity contribution in [3.8, 4) is 62.2 Å². The molecule has 31 heteroatoms. The van der Waals surface area contributed by atoms with Crippen molar-refractivity contribution in [2.75, 3.05) is 13.2 Å². The van der Waals surface area contributed by atoms with Gasteiger partial charge in [-0.15, -0.1) is 36.8 Å². The highest BCUT2D eigenvalue weighted by Crippen LogP contribution is 2.35. The van der Waals surface area contributed by atoms with Crippen LogP contribution in [0.15, 0.2) is 233 Å². The number of thiophene rings is 1. The van der Waals surface area contributed by atoms with Crippen LogP contribution in [0, 0.1) is 5.92 Å². The Balaban J connectivity index is 0.000000152. The third-order valence-electron chi connectivity index (χ3n) is 20.9. The summed E-state index contributed by atoms with van der Waals surface area (Å²) in [7, 11) is 0. The topological polar surface area (TPSA) is 398 Å². The number of ether oxygens (including phenoxy) is 1. The maximum absolute atomic E-state index is 12.9. The molecule has 0 saturated heterocycles. The Labute approximate surface area is 731 Å². The third-order valence-corrected chi connectivity index (χ3v) is 22.1. The van der Waals surface area contributed by atoms with E-state index >= 15 is 0 Å². The van der Waals surface area contributed by atoms with Crippen molar-refractivity contribution in [3.63, 3.8) is 0 Å². The van der Waals surface area contributed by atoms with Gasteiger partial charge in [0.1, 0.15) is 24.2 Å². The predicted molar refractivity (Wildman–Crippen MR) is 479 cm³/mol. The van der Waals surface area contributed by atoms with Crippen LogP contribution in [-0.4, -0.2) is 155 Å². The fourth-order valence-electron chi connectivity index (χ4n) is 14.5. The lowest BCUT2D eigenvalue weighted by molar-refractivity contribution is -0.153. The fraction of sp³-hybridized carbons (Fsp3) is 0.266. The van der Waals surface area contributed by atoms with Gasteiger partial charge in [-0.3, -0.25) is 9.36 Å². The second kappa shape index (κ2) is 44.1. The number of rotatable bonds is 35. The number of benzene rings is 8. The number of imidazole rings is 3. The number of nitrogens with one attached hydrogen (secondary N) is 2. The van der Waals surface area contributed by atoms with Gasteiger partial charge in [0.25, 0.3) is 6.01 Å². The standard InChI is InChI=1S/C25H21N5O3.C24H29N5O3.C23H24N2O4S.C22H23ClN6O/c1-2-33-25-27-21-9-5-8-20(24(31)32)23(21)30(25)15-16-10-12-17(13-11-16)18-6-3-4-7-19(18)22-14-26-29-28-22;1-4-5-10-21(30)29(22(16(2)3)24(31)32)15-17-11-13-18(14-12-17)19-8-6-7-9-20(19)23-25-27-28-26-23;1-2-3-6-21-24-14-19(12-18(23(28)29)13-20-5-4-11-30-20)25(21)15-16-7-9-17(10-8-16)22(26)27;1-2-3-8-20-24-21(23)19(14-30)29(20)13-15-9-11-16(12-10-15)17-6-4-5-7-18(17)22-25-27-28-26-22/h3-13H,2,14-15H2,1H3,(H,31,32);6-9,11-14,16,22H,4-5,10,15H2,1-3H3,(H,31,32)(H,25,26,27,28);4-5,7-12,14H,2-3,6,13,15H2,1H3,(H,26,27)(H,28,29);4-7,9-12,30H,2-3,8,13-14H2,1H3,(H,25,26,27,28)/b;;18-12+;/t;22-;;/m.0../s1. The van der Waals surface area contributed by atoms with Crippen LogP contribution >= 0.6 is 22.9 Å². The quantitative estimate of drug-likeness (QED) is 0.0181. The van der Waals surface area contributed by atoms with E-state index in [-0.39, 0.29) is 36.1 Å². The number of aliphatic hydroxyl groups excluding tert-OH is 1. The van der Waals surface area contributed by atoms with Crippen molar-refractivity contribution in [2.45, 2.75) is 145 Å². The third kappa shape index (κ3) is 23.2. The number of aryl methyl sites for hydroxylation is 2. The minimum Gasteiger partial charge on any atom is -0.480 e. The van der Waals surface area contributed by atoms with E-state index in [1.807, 2.05) is 162 Å². The normalized spacial score (nSPS) is 11.9. The number of hydrogen-bond acceptors (Lipinski definition) is 20. The minimum absolute atomic E-state index is 0.125. The lowest BCUT2D eigenvalue weighted by atomic mass is 9.96. The molecule has 7 N–H and O–H groups in total. The molecule has 0 saturated carbocycles. The first-order chi connectivity index (χ1) is 60.8. The summed E-state index contributed by atoms with van der Waals surface area (Å²) in [4.78, 5) is 75.5. The first kappa shape index (κ1) is 90.1. The Kier molecular flexibility index (Phi) is 31.8. The highest BCUT2D eigenvalue weighted by atomic mass is 35.5. The molecule has 0 bridgehead atoms. The number of carbonyl (C=O) groups is 5. The van der Waals surface area contributed by atoms with Gasteiger partial charge in [0.05, 0.1) is 65.2 Å². The number of halogens is 1. The maximum atomic E-state index is 12.9. The predicted octanol–water partition coefficient (Wildman–Crippen LogP) is 18.2. The SMILES string of the molecule is CCCCC(=O)N(Cc1ccc(-c2ccccc2-c2nn[nH]n2)cc1)[C@H](C(=O)O)C(C)C.CCCCc1nc(Cl)c(CO)n1Cc1ccc(-c2ccccc2-c2nn[nH]n2)cc1.CCCCc1ncc(/C=C(\Cc2cccs2)C(=O)O)n1Cc1ccc(C(=O)O)cc1.CCOc1nc2cccc(C(=O)O)c2n1Cc1ccc(-c2ccccc2C2=NN=NC2)cc1. The van der Waals surface area contributed by atoms with Crippen LogP contribution in [0.3, 0.4) is 0 Å². The van der Waals surface area contributed by atoms with Gasteiger partial charge in [-0.05, 0) is 145 Å². The Morgan fingerprint density at radius 3 is 1.61 bits per heavy atom. The van der Waals surface area contributed by atoms with Crippen molar-refractivity contribution < 1.29 is 54.2 Å². The molecule has 15 rings (SSSR count). The molecule has 1 amide bonds. The second-order valence-electron chi connectivity index (χ2n) is 29.8. The second-order valence-corrected chi connectivity index (χ2v) is 31.2. The summed E-state index contributed by atoms with van der Waals surface area (Å²) in [6.45, 7) is 14.4. The summed E-state index contributed by atoms with van der Waals surface area (Å²) in [6.07, 6.45) is 11.5. The van der Waals surface area contributed by atoms with Gasteiger partial charge in [-0.1, -0.05) is 235 Å². The number of carboxylic acid groups (broad SMARTS) is 4. The van der Waals surface area contributed by atoms with Gasteiger partial charge in [-0.25, -0.2) is 29.1 Å². The number of aromatic carboxylic acids is 2. The van der Waals surface area contributed by atoms with Gasteiger partial charge in [0.15, 0.2) is 5.15 Å². The molecule has 6 aromatic heterocycles. The van der Waals surface area contributed by atoms with E-state index in [1.165, 1.54) is 16.2 Å². The number of aliphatic carboxylic acids is 2. The largest absolute Gasteiger partial charge is 0.480 e. The smallest absolute Gasteiger partial charge is 0.337 e. The lowest BCUT2D eigenvalue weighted by Crippen LogP contribution is -2.47. The molecule has 1 atom stereocenters. The number of tetrazole rings is 2. The van der Waals surface area contributed by atoms with Gasteiger partial charge >= 0.3 is 23.9 Å². The Bertz CT molecular complexity index is 6050. The van der Waals surface area contributed by atoms with Crippen molar-refractivity contribution in [2.24, 2.45) is 21.4 Å². The summed E-state index contributed by atoms with van der Waals surface area (Å²) in [5.41, 5.74) is 17.0. The molecule has 0 spiro atoms. The van der Waals surface area contributed by atoms with E-state index in [4.69, 9.17) is 21.4 Å². The van der Waals surface area contributed by atoms with E-state index in [9.17, 15) is 44.4 Å². The van der Waals surface area contributed by atoms with E-state index in [1.54, 1.807) is 54.7 Å². The number of nitrogens with zero attached hydrogens (tertiary/aromatic N) is 16. The lowest BCUT2D eigenvalue weighted by Gasteiger charge is -2.32. The maximum Gasteiger partial charge on any atom is 0.337 e. The van der Waals surface area contributed by atoms with Crippen LogP contribution in [-0.2, 0) is 66.4 Å². The summed E-state index contributed by atoms with van der Waals surface area (Å²) in [5, 5.41) is 90.8.